The number of carbonyl (C=O) groups is 1. The molecule has 0 aromatic heterocycles. The Balaban J connectivity index is 1.77. The summed E-state index contributed by atoms with van der Waals surface area (Å²) in [6.45, 7) is 6.11. The van der Waals surface area contributed by atoms with E-state index in [1.807, 2.05) is 18.2 Å². The number of hydrogen-bond donors (Lipinski definition) is 1. The van der Waals surface area contributed by atoms with Crippen LogP contribution in [0.5, 0.6) is 0 Å². The van der Waals surface area contributed by atoms with Crippen LogP contribution in [-0.2, 0) is 4.79 Å². The first kappa shape index (κ1) is 16.7. The highest BCUT2D eigenvalue weighted by atomic mass is 16.2. The van der Waals surface area contributed by atoms with Crippen molar-refractivity contribution in [2.45, 2.75) is 38.8 Å². The van der Waals surface area contributed by atoms with Crippen LogP contribution in [0.2, 0.25) is 0 Å². The number of nitrogens with one attached hydrogen (secondary N) is 1. The first-order valence-corrected chi connectivity index (χ1v) is 8.81. The van der Waals surface area contributed by atoms with Gasteiger partial charge in [0.2, 0.25) is 5.91 Å². The molecule has 2 unspecified atom stereocenters. The van der Waals surface area contributed by atoms with Gasteiger partial charge in [-0.05, 0) is 50.9 Å². The zero-order chi connectivity index (χ0) is 16.9. The molecule has 2 aromatic carbocycles. The lowest BCUT2D eigenvalue weighted by molar-refractivity contribution is -0.127. The van der Waals surface area contributed by atoms with Gasteiger partial charge in [-0.1, -0.05) is 60.2 Å². The molecule has 1 N–H and O–H groups in total. The summed E-state index contributed by atoms with van der Waals surface area (Å²) >= 11 is 0. The van der Waals surface area contributed by atoms with Gasteiger partial charge in [-0.15, -0.1) is 0 Å². The van der Waals surface area contributed by atoms with Crippen LogP contribution in [0.15, 0.2) is 54.6 Å². The van der Waals surface area contributed by atoms with Gasteiger partial charge in [-0.2, -0.15) is 0 Å². The van der Waals surface area contributed by atoms with Crippen molar-refractivity contribution >= 4 is 5.91 Å². The van der Waals surface area contributed by atoms with E-state index >= 15 is 0 Å². The van der Waals surface area contributed by atoms with Gasteiger partial charge in [0.15, 0.2) is 0 Å². The van der Waals surface area contributed by atoms with E-state index in [0.29, 0.717) is 0 Å². The van der Waals surface area contributed by atoms with Gasteiger partial charge in [-0.25, -0.2) is 0 Å². The highest BCUT2D eigenvalue weighted by Gasteiger charge is 2.30. The maximum Gasteiger partial charge on any atom is 0.242 e. The van der Waals surface area contributed by atoms with Crippen LogP contribution in [0, 0.1) is 6.92 Å². The molecule has 1 aliphatic heterocycles. The Kier molecular flexibility index (Phi) is 5.31. The first-order valence-electron chi connectivity index (χ1n) is 8.81. The highest BCUT2D eigenvalue weighted by molar-refractivity contribution is 5.83. The second kappa shape index (κ2) is 7.63. The molecule has 0 radical (unpaired) electrons. The predicted molar refractivity (Wildman–Crippen MR) is 97.7 cm³/mol. The third-order valence-electron chi connectivity index (χ3n) is 4.81. The van der Waals surface area contributed by atoms with E-state index in [9.17, 15) is 4.79 Å². The van der Waals surface area contributed by atoms with Gasteiger partial charge in [0.1, 0.15) is 6.04 Å². The van der Waals surface area contributed by atoms with E-state index in [-0.39, 0.29) is 18.0 Å². The Morgan fingerprint density at radius 3 is 2.21 bits per heavy atom. The molecule has 2 atom stereocenters. The molecule has 24 heavy (non-hydrogen) atoms. The molecule has 0 spiro atoms. The van der Waals surface area contributed by atoms with Crippen LogP contribution < -0.4 is 5.32 Å². The summed E-state index contributed by atoms with van der Waals surface area (Å²) in [6.07, 6.45) is 2.34. The van der Waals surface area contributed by atoms with Gasteiger partial charge in [0.25, 0.3) is 0 Å². The van der Waals surface area contributed by atoms with Gasteiger partial charge in [-0.3, -0.25) is 9.69 Å². The molecular weight excluding hydrogens is 296 g/mol. The molecule has 3 heteroatoms. The number of benzene rings is 2. The van der Waals surface area contributed by atoms with E-state index in [2.05, 4.69) is 60.5 Å². The fraction of sp³-hybridized carbons (Fsp3) is 0.381. The van der Waals surface area contributed by atoms with Crippen molar-refractivity contribution in [1.29, 1.82) is 0 Å². The molecular formula is C21H26N2O. The fourth-order valence-electron chi connectivity index (χ4n) is 3.39. The smallest absolute Gasteiger partial charge is 0.242 e. The summed E-state index contributed by atoms with van der Waals surface area (Å²) < 4.78 is 0. The molecule has 1 fully saturated rings. The predicted octanol–water partition coefficient (Wildman–Crippen LogP) is 4.01. The van der Waals surface area contributed by atoms with Crippen molar-refractivity contribution in [3.8, 4) is 0 Å². The summed E-state index contributed by atoms with van der Waals surface area (Å²) in [4.78, 5) is 15.3. The lowest BCUT2D eigenvalue weighted by atomic mass is 10.0. The normalized spacial score (nSPS) is 17.4. The Labute approximate surface area is 144 Å². The molecule has 3 nitrogen and oxygen atoms in total. The minimum Gasteiger partial charge on any atom is -0.348 e. The number of nitrogens with zero attached hydrogens (tertiary/aromatic N) is 1. The maximum absolute atomic E-state index is 13.0. The molecule has 126 valence electrons. The van der Waals surface area contributed by atoms with Crippen molar-refractivity contribution in [3.63, 3.8) is 0 Å². The second-order valence-electron chi connectivity index (χ2n) is 6.70. The Bertz CT molecular complexity index is 660. The molecule has 1 aliphatic rings. The minimum absolute atomic E-state index is 0.00640. The quantitative estimate of drug-likeness (QED) is 0.902. The van der Waals surface area contributed by atoms with Crippen molar-refractivity contribution in [1.82, 2.24) is 10.2 Å². The number of hydrogen-bond acceptors (Lipinski definition) is 2. The van der Waals surface area contributed by atoms with Crippen molar-refractivity contribution in [3.05, 3.63) is 71.3 Å². The second-order valence-corrected chi connectivity index (χ2v) is 6.70. The van der Waals surface area contributed by atoms with Crippen molar-refractivity contribution in [2.75, 3.05) is 13.1 Å². The van der Waals surface area contributed by atoms with Gasteiger partial charge >= 0.3 is 0 Å². The largest absolute Gasteiger partial charge is 0.348 e. The van der Waals surface area contributed by atoms with Crippen LogP contribution in [-0.4, -0.2) is 23.9 Å². The van der Waals surface area contributed by atoms with Crippen LogP contribution >= 0.6 is 0 Å². The van der Waals surface area contributed by atoms with Crippen molar-refractivity contribution in [2.24, 2.45) is 0 Å². The molecule has 1 amide bonds. The average molecular weight is 322 g/mol. The van der Waals surface area contributed by atoms with Crippen LogP contribution in [0.25, 0.3) is 0 Å². The maximum atomic E-state index is 13.0. The summed E-state index contributed by atoms with van der Waals surface area (Å²) in [5, 5.41) is 3.21. The monoisotopic (exact) mass is 322 g/mol. The Morgan fingerprint density at radius 1 is 0.958 bits per heavy atom. The zero-order valence-electron chi connectivity index (χ0n) is 14.5. The van der Waals surface area contributed by atoms with Gasteiger partial charge in [0.05, 0.1) is 6.04 Å². The number of aryl methyl sites for hydroxylation is 1. The third-order valence-corrected chi connectivity index (χ3v) is 4.81. The summed E-state index contributed by atoms with van der Waals surface area (Å²) in [7, 11) is 0. The molecule has 3 rings (SSSR count). The first-order chi connectivity index (χ1) is 11.6. The van der Waals surface area contributed by atoms with Crippen LogP contribution in [0.4, 0.5) is 0 Å². The van der Waals surface area contributed by atoms with E-state index in [1.165, 1.54) is 18.4 Å². The molecule has 0 aliphatic carbocycles. The number of amides is 1. The van der Waals surface area contributed by atoms with E-state index < -0.39 is 0 Å². The SMILES string of the molecule is Cc1ccc(C(C)NC(=O)C(c2ccccc2)N2CCCC2)cc1. The number of carbonyl (C=O) groups excluding carboxylic acids is 1. The van der Waals surface area contributed by atoms with E-state index in [1.54, 1.807) is 0 Å². The average Bonchev–Trinajstić information content (AvgIpc) is 3.10. The lowest BCUT2D eigenvalue weighted by Crippen LogP contribution is -2.40. The van der Waals surface area contributed by atoms with E-state index in [0.717, 1.165) is 24.2 Å². The van der Waals surface area contributed by atoms with Crippen LogP contribution in [0.1, 0.15) is 48.5 Å². The lowest BCUT2D eigenvalue weighted by Gasteiger charge is -2.28. The molecule has 1 saturated heterocycles. The Hall–Kier alpha value is -2.13. The summed E-state index contributed by atoms with van der Waals surface area (Å²) in [5.41, 5.74) is 3.45. The molecule has 0 bridgehead atoms. The van der Waals surface area contributed by atoms with Crippen LogP contribution in [0.3, 0.4) is 0 Å². The minimum atomic E-state index is -0.193. The summed E-state index contributed by atoms with van der Waals surface area (Å²) in [5.74, 6) is 0.0937. The third kappa shape index (κ3) is 3.85. The standard InChI is InChI=1S/C21H26N2O/c1-16-10-12-18(13-11-16)17(2)22-21(24)20(23-14-6-7-15-23)19-8-4-3-5-9-19/h3-5,8-13,17,20H,6-7,14-15H2,1-2H3,(H,22,24). The van der Waals surface area contributed by atoms with Gasteiger partial charge in [0, 0.05) is 0 Å². The molecule has 1 heterocycles. The Morgan fingerprint density at radius 2 is 1.58 bits per heavy atom. The van der Waals surface area contributed by atoms with E-state index in [4.69, 9.17) is 0 Å². The zero-order valence-corrected chi connectivity index (χ0v) is 14.5. The molecule has 0 saturated carbocycles. The topological polar surface area (TPSA) is 32.3 Å². The number of likely N-dealkylation sites (tertiary alicyclic amines) is 1. The molecule has 2 aromatic rings. The van der Waals surface area contributed by atoms with Crippen molar-refractivity contribution < 1.29 is 4.79 Å². The summed E-state index contributed by atoms with van der Waals surface area (Å²) in [6, 6.07) is 18.3. The van der Waals surface area contributed by atoms with Gasteiger partial charge < -0.3 is 5.32 Å². The number of rotatable bonds is 5. The fourth-order valence-corrected chi connectivity index (χ4v) is 3.39. The highest BCUT2D eigenvalue weighted by Crippen LogP contribution is 2.26.